The molecule has 2 N–H and O–H groups in total. The van der Waals surface area contributed by atoms with E-state index in [1.807, 2.05) is 0 Å². The van der Waals surface area contributed by atoms with Crippen molar-refractivity contribution in [3.05, 3.63) is 11.9 Å². The monoisotopic (exact) mass is 257 g/mol. The molecule has 17 heavy (non-hydrogen) atoms. The second kappa shape index (κ2) is 5.72. The number of aliphatic carboxylic acids is 1. The number of nitrogens with zero attached hydrogens (tertiary/aromatic N) is 2. The van der Waals surface area contributed by atoms with Crippen LogP contribution in [0.2, 0.25) is 0 Å². The molecule has 0 aliphatic heterocycles. The van der Waals surface area contributed by atoms with E-state index in [2.05, 4.69) is 10.3 Å². The van der Waals surface area contributed by atoms with Crippen LogP contribution in [0.5, 0.6) is 0 Å². The maximum absolute atomic E-state index is 11.5. The van der Waals surface area contributed by atoms with Crippen LogP contribution in [0.25, 0.3) is 0 Å². The Labute approximate surface area is 103 Å². The van der Waals surface area contributed by atoms with Crippen molar-refractivity contribution in [1.29, 1.82) is 0 Å². The molecule has 0 saturated heterocycles. The van der Waals surface area contributed by atoms with Crippen LogP contribution in [0.4, 0.5) is 0 Å². The minimum absolute atomic E-state index is 0.0725. The zero-order valence-electron chi connectivity index (χ0n) is 9.93. The van der Waals surface area contributed by atoms with Gasteiger partial charge in [0, 0.05) is 13.2 Å². The first-order chi connectivity index (χ1) is 7.95. The number of imidazole rings is 1. The van der Waals surface area contributed by atoms with Crippen LogP contribution in [-0.2, 0) is 9.59 Å². The Balaban J connectivity index is 2.90. The van der Waals surface area contributed by atoms with Crippen LogP contribution in [0.3, 0.4) is 0 Å². The highest BCUT2D eigenvalue weighted by Gasteiger charge is 2.18. The number of hydrogen-bond donors (Lipinski definition) is 2. The number of likely N-dealkylation sites (N-methyl/N-ethyl adjacent to an activating group) is 1. The third kappa shape index (κ3) is 3.48. The average Bonchev–Trinajstić information content (AvgIpc) is 2.65. The Kier molecular flexibility index (Phi) is 4.56. The van der Waals surface area contributed by atoms with Crippen LogP contribution in [0.1, 0.15) is 18.7 Å². The van der Waals surface area contributed by atoms with Crippen molar-refractivity contribution < 1.29 is 14.7 Å². The predicted molar refractivity (Wildman–Crippen MR) is 64.1 cm³/mol. The predicted octanol–water partition coefficient (Wildman–Crippen LogP) is 0.675. The maximum atomic E-state index is 11.5. The number of thioether (sulfide) groups is 1. The number of carbonyl (C=O) groups is 2. The smallest absolute Gasteiger partial charge is 0.313 e. The highest BCUT2D eigenvalue weighted by Crippen LogP contribution is 2.21. The van der Waals surface area contributed by atoms with E-state index in [1.54, 1.807) is 31.7 Å². The van der Waals surface area contributed by atoms with Gasteiger partial charge in [0.2, 0.25) is 5.91 Å². The first-order valence-corrected chi connectivity index (χ1v) is 6.06. The van der Waals surface area contributed by atoms with Crippen LogP contribution >= 0.6 is 11.8 Å². The number of amides is 1. The Morgan fingerprint density at radius 3 is 2.82 bits per heavy atom. The standard InChI is InChI=1S/C10H15N3O3S/c1-6-4-13(7(2)9(16)11-3)10(12-6)17-5-8(14)15/h4,7H,5H2,1-3H3,(H,11,16)(H,14,15). The molecule has 1 atom stereocenters. The summed E-state index contributed by atoms with van der Waals surface area (Å²) in [6.45, 7) is 3.54. The summed E-state index contributed by atoms with van der Waals surface area (Å²) in [5.41, 5.74) is 0.758. The van der Waals surface area contributed by atoms with Crippen molar-refractivity contribution in [2.45, 2.75) is 25.0 Å². The first kappa shape index (κ1) is 13.6. The second-order valence-electron chi connectivity index (χ2n) is 3.54. The van der Waals surface area contributed by atoms with Gasteiger partial charge in [-0.2, -0.15) is 0 Å². The molecule has 0 fully saturated rings. The highest BCUT2D eigenvalue weighted by atomic mass is 32.2. The quantitative estimate of drug-likeness (QED) is 0.758. The topological polar surface area (TPSA) is 84.2 Å². The van der Waals surface area contributed by atoms with Crippen molar-refractivity contribution in [2.75, 3.05) is 12.8 Å². The summed E-state index contributed by atoms with van der Waals surface area (Å²) in [5, 5.41) is 11.7. The van der Waals surface area contributed by atoms with Gasteiger partial charge in [-0.3, -0.25) is 9.59 Å². The van der Waals surface area contributed by atoms with Crippen LogP contribution in [0.15, 0.2) is 11.4 Å². The second-order valence-corrected chi connectivity index (χ2v) is 4.49. The van der Waals surface area contributed by atoms with E-state index in [9.17, 15) is 9.59 Å². The summed E-state index contributed by atoms with van der Waals surface area (Å²) < 4.78 is 1.68. The summed E-state index contributed by atoms with van der Waals surface area (Å²) in [6, 6.07) is -0.405. The molecule has 1 rings (SSSR count). The number of carboxylic acid groups (broad SMARTS) is 1. The van der Waals surface area contributed by atoms with Crippen molar-refractivity contribution in [1.82, 2.24) is 14.9 Å². The summed E-state index contributed by atoms with van der Waals surface area (Å²) in [7, 11) is 1.56. The molecule has 0 aliphatic carbocycles. The van der Waals surface area contributed by atoms with Gasteiger partial charge in [-0.15, -0.1) is 0 Å². The molecule has 94 valence electrons. The fourth-order valence-corrected chi connectivity index (χ4v) is 2.16. The minimum atomic E-state index is -0.908. The van der Waals surface area contributed by atoms with Crippen LogP contribution < -0.4 is 5.32 Å². The van der Waals surface area contributed by atoms with Gasteiger partial charge in [0.1, 0.15) is 6.04 Å². The van der Waals surface area contributed by atoms with E-state index >= 15 is 0 Å². The molecule has 0 saturated carbocycles. The zero-order chi connectivity index (χ0) is 13.0. The van der Waals surface area contributed by atoms with E-state index in [4.69, 9.17) is 5.11 Å². The van der Waals surface area contributed by atoms with Gasteiger partial charge in [-0.1, -0.05) is 11.8 Å². The number of aryl methyl sites for hydroxylation is 1. The van der Waals surface area contributed by atoms with E-state index < -0.39 is 12.0 Å². The van der Waals surface area contributed by atoms with Gasteiger partial charge in [0.05, 0.1) is 11.4 Å². The Bertz CT molecular complexity index is 430. The highest BCUT2D eigenvalue weighted by molar-refractivity contribution is 7.99. The summed E-state index contributed by atoms with van der Waals surface area (Å²) in [6.07, 6.45) is 1.74. The molecule has 1 aromatic rings. The third-order valence-corrected chi connectivity index (χ3v) is 3.14. The Hall–Kier alpha value is -1.50. The molecule has 0 radical (unpaired) electrons. The molecule has 7 heteroatoms. The molecule has 0 aliphatic rings. The molecule has 0 bridgehead atoms. The molecular formula is C10H15N3O3S. The zero-order valence-corrected chi connectivity index (χ0v) is 10.7. The number of carboxylic acids is 1. The van der Waals surface area contributed by atoms with Gasteiger partial charge >= 0.3 is 5.97 Å². The van der Waals surface area contributed by atoms with Gasteiger partial charge < -0.3 is 15.0 Å². The fourth-order valence-electron chi connectivity index (χ4n) is 1.34. The van der Waals surface area contributed by atoms with Crippen molar-refractivity contribution in [3.8, 4) is 0 Å². The lowest BCUT2D eigenvalue weighted by Gasteiger charge is -2.13. The third-order valence-electron chi connectivity index (χ3n) is 2.19. The normalized spacial score (nSPS) is 12.2. The molecule has 1 amide bonds. The Morgan fingerprint density at radius 1 is 1.65 bits per heavy atom. The van der Waals surface area contributed by atoms with Gasteiger partial charge in [0.15, 0.2) is 5.16 Å². The van der Waals surface area contributed by atoms with Crippen LogP contribution in [0, 0.1) is 6.92 Å². The average molecular weight is 257 g/mol. The molecular weight excluding hydrogens is 242 g/mol. The fraction of sp³-hybridized carbons (Fsp3) is 0.500. The van der Waals surface area contributed by atoms with E-state index in [0.717, 1.165) is 17.5 Å². The van der Waals surface area contributed by atoms with Gasteiger partial charge in [-0.25, -0.2) is 4.98 Å². The summed E-state index contributed by atoms with van der Waals surface area (Å²) in [5.74, 6) is -1.12. The Morgan fingerprint density at radius 2 is 2.29 bits per heavy atom. The lowest BCUT2D eigenvalue weighted by molar-refractivity contribution is -0.133. The minimum Gasteiger partial charge on any atom is -0.481 e. The number of hydrogen-bond acceptors (Lipinski definition) is 4. The summed E-state index contributed by atoms with van der Waals surface area (Å²) >= 11 is 1.10. The number of rotatable bonds is 5. The van der Waals surface area contributed by atoms with E-state index in [-0.39, 0.29) is 11.7 Å². The number of carbonyl (C=O) groups excluding carboxylic acids is 1. The molecule has 1 heterocycles. The van der Waals surface area contributed by atoms with Gasteiger partial charge in [-0.05, 0) is 13.8 Å². The molecule has 1 aromatic heterocycles. The number of aromatic nitrogens is 2. The van der Waals surface area contributed by atoms with E-state index in [0.29, 0.717) is 5.16 Å². The summed E-state index contributed by atoms with van der Waals surface area (Å²) in [4.78, 5) is 26.2. The molecule has 0 aromatic carbocycles. The van der Waals surface area contributed by atoms with E-state index in [1.165, 1.54) is 0 Å². The number of nitrogens with one attached hydrogen (secondary N) is 1. The largest absolute Gasteiger partial charge is 0.481 e. The molecule has 6 nitrogen and oxygen atoms in total. The lowest BCUT2D eigenvalue weighted by Crippen LogP contribution is -2.27. The SMILES string of the molecule is CNC(=O)C(C)n1cc(C)nc1SCC(=O)O. The van der Waals surface area contributed by atoms with Crippen molar-refractivity contribution in [3.63, 3.8) is 0 Å². The molecule has 1 unspecified atom stereocenters. The van der Waals surface area contributed by atoms with Crippen molar-refractivity contribution in [2.24, 2.45) is 0 Å². The first-order valence-electron chi connectivity index (χ1n) is 5.07. The van der Waals surface area contributed by atoms with Crippen LogP contribution in [-0.4, -0.2) is 39.3 Å². The lowest BCUT2D eigenvalue weighted by atomic mass is 10.3. The molecule has 0 spiro atoms. The van der Waals surface area contributed by atoms with Gasteiger partial charge in [0.25, 0.3) is 0 Å². The maximum Gasteiger partial charge on any atom is 0.313 e. The van der Waals surface area contributed by atoms with Crippen molar-refractivity contribution >= 4 is 23.6 Å².